The van der Waals surface area contributed by atoms with Gasteiger partial charge in [-0.15, -0.1) is 5.10 Å². The van der Waals surface area contributed by atoms with E-state index in [1.807, 2.05) is 0 Å². The summed E-state index contributed by atoms with van der Waals surface area (Å²) in [6, 6.07) is 3.61. The van der Waals surface area contributed by atoms with Gasteiger partial charge < -0.3 is 5.32 Å². The summed E-state index contributed by atoms with van der Waals surface area (Å²) in [6.07, 6.45) is 3.26. The van der Waals surface area contributed by atoms with Gasteiger partial charge in [0.05, 0.1) is 28.7 Å². The lowest BCUT2D eigenvalue weighted by atomic mass is 10.1. The van der Waals surface area contributed by atoms with Gasteiger partial charge in [-0.25, -0.2) is 0 Å². The second-order valence-corrected chi connectivity index (χ2v) is 4.17. The monoisotopic (exact) mass is 292 g/mol. The lowest BCUT2D eigenvalue weighted by molar-refractivity contribution is -0.394. The lowest BCUT2D eigenvalue weighted by Gasteiger charge is -2.05. The molecule has 0 amide bonds. The number of nitrogens with zero attached hydrogens (tertiary/aromatic N) is 5. The molecule has 2 aromatic rings. The number of non-ortho nitro benzene ring substituents is 1. The molecule has 1 N–H and O–H groups in total. The van der Waals surface area contributed by atoms with E-state index in [2.05, 4.69) is 15.6 Å². The first kappa shape index (κ1) is 14.5. The van der Waals surface area contributed by atoms with Crippen molar-refractivity contribution in [3.8, 4) is 0 Å². The molecule has 0 radical (unpaired) electrons. The fourth-order valence-corrected chi connectivity index (χ4v) is 1.75. The van der Waals surface area contributed by atoms with Crippen molar-refractivity contribution in [1.29, 1.82) is 0 Å². The second kappa shape index (κ2) is 6.52. The first-order valence-corrected chi connectivity index (χ1v) is 6.04. The maximum atomic E-state index is 10.9. The van der Waals surface area contributed by atoms with Crippen LogP contribution in [-0.2, 0) is 13.1 Å². The van der Waals surface area contributed by atoms with Crippen molar-refractivity contribution in [3.63, 3.8) is 0 Å². The van der Waals surface area contributed by atoms with E-state index in [1.165, 1.54) is 12.1 Å². The molecule has 0 aliphatic heterocycles. The van der Waals surface area contributed by atoms with Crippen LogP contribution < -0.4 is 5.32 Å². The Morgan fingerprint density at radius 2 is 2.05 bits per heavy atom. The molecule has 1 heterocycles. The van der Waals surface area contributed by atoms with Gasteiger partial charge in [0.2, 0.25) is 0 Å². The van der Waals surface area contributed by atoms with Crippen molar-refractivity contribution in [1.82, 2.24) is 20.3 Å². The zero-order valence-electron chi connectivity index (χ0n) is 10.9. The predicted octanol–water partition coefficient (Wildman–Crippen LogP) is 0.884. The molecule has 10 heteroatoms. The maximum absolute atomic E-state index is 10.9. The van der Waals surface area contributed by atoms with Gasteiger partial charge in [0.25, 0.3) is 11.4 Å². The molecule has 0 aliphatic carbocycles. The zero-order valence-corrected chi connectivity index (χ0v) is 10.9. The van der Waals surface area contributed by atoms with Crippen LogP contribution in [0.5, 0.6) is 0 Å². The molecule has 1 aromatic carbocycles. The van der Waals surface area contributed by atoms with Crippen LogP contribution in [-0.4, -0.2) is 31.4 Å². The van der Waals surface area contributed by atoms with Crippen LogP contribution in [0, 0.1) is 20.2 Å². The van der Waals surface area contributed by atoms with Crippen LogP contribution in [0.15, 0.2) is 30.6 Å². The number of rotatable bonds is 7. The van der Waals surface area contributed by atoms with Crippen LogP contribution in [0.4, 0.5) is 11.4 Å². The van der Waals surface area contributed by atoms with E-state index in [4.69, 9.17) is 0 Å². The molecule has 1 aromatic heterocycles. The number of hydrogen-bond acceptors (Lipinski definition) is 7. The quantitative estimate of drug-likeness (QED) is 0.455. The number of nitro benzene ring substituents is 2. The molecule has 0 saturated heterocycles. The summed E-state index contributed by atoms with van der Waals surface area (Å²) in [4.78, 5) is 20.3. The highest BCUT2D eigenvalue weighted by atomic mass is 16.6. The summed E-state index contributed by atoms with van der Waals surface area (Å²) < 4.78 is 1.62. The molecule has 0 fully saturated rings. The van der Waals surface area contributed by atoms with Crippen molar-refractivity contribution >= 4 is 11.4 Å². The minimum absolute atomic E-state index is 0.239. The second-order valence-electron chi connectivity index (χ2n) is 4.17. The van der Waals surface area contributed by atoms with Crippen molar-refractivity contribution in [3.05, 3.63) is 56.4 Å². The van der Waals surface area contributed by atoms with Gasteiger partial charge in [0, 0.05) is 30.9 Å². The van der Waals surface area contributed by atoms with Crippen molar-refractivity contribution in [2.24, 2.45) is 0 Å². The highest BCUT2D eigenvalue weighted by Gasteiger charge is 2.18. The first-order valence-electron chi connectivity index (χ1n) is 6.04. The Morgan fingerprint density at radius 1 is 1.24 bits per heavy atom. The van der Waals surface area contributed by atoms with E-state index in [9.17, 15) is 20.2 Å². The number of hydrogen-bond donors (Lipinski definition) is 1. The molecule has 110 valence electrons. The molecule has 0 spiro atoms. The average molecular weight is 292 g/mol. The van der Waals surface area contributed by atoms with E-state index < -0.39 is 9.85 Å². The van der Waals surface area contributed by atoms with E-state index in [-0.39, 0.29) is 17.9 Å². The van der Waals surface area contributed by atoms with Crippen LogP contribution >= 0.6 is 0 Å². The molecule has 10 nitrogen and oxygen atoms in total. The predicted molar refractivity (Wildman–Crippen MR) is 71.5 cm³/mol. The standard InChI is InChI=1S/C11H12N6O4/c18-16(19)10-2-1-9(11(7-10)17(20)21)8-12-3-5-15-6-4-13-14-15/h1-2,4,6-7,12H,3,5,8H2. The summed E-state index contributed by atoms with van der Waals surface area (Å²) in [5.74, 6) is 0. The molecule has 0 aliphatic rings. The molecule has 2 rings (SSSR count). The van der Waals surface area contributed by atoms with E-state index >= 15 is 0 Å². The Balaban J connectivity index is 1.98. The fraction of sp³-hybridized carbons (Fsp3) is 0.273. The maximum Gasteiger partial charge on any atom is 0.280 e. The van der Waals surface area contributed by atoms with Gasteiger partial charge in [-0.2, -0.15) is 0 Å². The summed E-state index contributed by atoms with van der Waals surface area (Å²) >= 11 is 0. The zero-order chi connectivity index (χ0) is 15.2. The van der Waals surface area contributed by atoms with Crippen LogP contribution in [0.2, 0.25) is 0 Å². The number of aromatic nitrogens is 3. The molecule has 0 bridgehead atoms. The van der Waals surface area contributed by atoms with Crippen molar-refractivity contribution in [2.45, 2.75) is 13.1 Å². The summed E-state index contributed by atoms with van der Waals surface area (Å²) in [5, 5.41) is 32.0. The van der Waals surface area contributed by atoms with Gasteiger partial charge >= 0.3 is 0 Å². The normalized spacial score (nSPS) is 10.5. The third-order valence-electron chi connectivity index (χ3n) is 2.78. The smallest absolute Gasteiger partial charge is 0.280 e. The first-order chi connectivity index (χ1) is 10.1. The minimum Gasteiger partial charge on any atom is -0.311 e. The largest absolute Gasteiger partial charge is 0.311 e. The Morgan fingerprint density at radius 3 is 2.67 bits per heavy atom. The number of nitrogens with one attached hydrogen (secondary N) is 1. The Hall–Kier alpha value is -2.88. The molecular weight excluding hydrogens is 280 g/mol. The van der Waals surface area contributed by atoms with Crippen molar-refractivity contribution < 1.29 is 9.85 Å². The summed E-state index contributed by atoms with van der Waals surface area (Å²) in [5.41, 5.74) is -0.172. The highest BCUT2D eigenvalue weighted by Crippen LogP contribution is 2.24. The van der Waals surface area contributed by atoms with E-state index in [0.717, 1.165) is 6.07 Å². The average Bonchev–Trinajstić information content (AvgIpc) is 2.96. The van der Waals surface area contributed by atoms with Gasteiger partial charge in [-0.1, -0.05) is 5.21 Å². The number of nitro groups is 2. The minimum atomic E-state index is -0.658. The fourth-order valence-electron chi connectivity index (χ4n) is 1.75. The summed E-state index contributed by atoms with van der Waals surface area (Å²) in [6.45, 7) is 1.35. The lowest BCUT2D eigenvalue weighted by Crippen LogP contribution is -2.20. The van der Waals surface area contributed by atoms with E-state index in [1.54, 1.807) is 17.1 Å². The Labute approximate surface area is 118 Å². The molecule has 21 heavy (non-hydrogen) atoms. The van der Waals surface area contributed by atoms with Crippen LogP contribution in [0.25, 0.3) is 0 Å². The topological polar surface area (TPSA) is 129 Å². The van der Waals surface area contributed by atoms with Gasteiger partial charge in [0.1, 0.15) is 0 Å². The Kier molecular flexibility index (Phi) is 4.51. The third-order valence-corrected chi connectivity index (χ3v) is 2.78. The molecule has 0 unspecified atom stereocenters. The molecule has 0 saturated carbocycles. The third kappa shape index (κ3) is 3.79. The van der Waals surface area contributed by atoms with Crippen LogP contribution in [0.1, 0.15) is 5.56 Å². The highest BCUT2D eigenvalue weighted by molar-refractivity contribution is 5.49. The van der Waals surface area contributed by atoms with Crippen LogP contribution in [0.3, 0.4) is 0 Å². The Bertz CT molecular complexity index is 642. The number of benzene rings is 1. The molecular formula is C11H12N6O4. The van der Waals surface area contributed by atoms with Crippen molar-refractivity contribution in [2.75, 3.05) is 6.54 Å². The molecule has 0 atom stereocenters. The van der Waals surface area contributed by atoms with Gasteiger partial charge in [-0.05, 0) is 6.07 Å². The van der Waals surface area contributed by atoms with Gasteiger partial charge in [-0.3, -0.25) is 24.9 Å². The SMILES string of the molecule is O=[N+]([O-])c1ccc(CNCCn2ccnn2)c([N+](=O)[O-])c1. The van der Waals surface area contributed by atoms with E-state index in [0.29, 0.717) is 18.7 Å². The summed E-state index contributed by atoms with van der Waals surface area (Å²) in [7, 11) is 0. The van der Waals surface area contributed by atoms with Gasteiger partial charge in [0.15, 0.2) is 0 Å².